The normalized spacial score (nSPS) is 31.4. The predicted octanol–water partition coefficient (Wildman–Crippen LogP) is 14.9. The Morgan fingerprint density at radius 3 is 2.10 bits per heavy atom. The van der Waals surface area contributed by atoms with E-state index in [4.69, 9.17) is 4.74 Å². The summed E-state index contributed by atoms with van der Waals surface area (Å²) in [5, 5.41) is 0. The highest BCUT2D eigenvalue weighted by Crippen LogP contribution is 2.67. The Morgan fingerprint density at radius 2 is 1.43 bits per heavy atom. The second kappa shape index (κ2) is 21.8. The minimum absolute atomic E-state index is 0.0311. The Kier molecular flexibility index (Phi) is 17.9. The van der Waals surface area contributed by atoms with Crippen LogP contribution in [0.2, 0.25) is 0 Å². The molecular weight excluding hydrogens is 621 g/mol. The molecule has 0 aromatic heterocycles. The molecule has 8 atom stereocenters. The molecule has 0 spiro atoms. The van der Waals surface area contributed by atoms with E-state index in [2.05, 4.69) is 96.2 Å². The number of fused-ring (bicyclic) bond motifs is 5. The van der Waals surface area contributed by atoms with Crippen molar-refractivity contribution >= 4 is 5.97 Å². The number of carbonyl (C=O) groups is 1. The minimum atomic E-state index is 0.0311. The van der Waals surface area contributed by atoms with Gasteiger partial charge in [0.25, 0.3) is 0 Å². The zero-order chi connectivity index (χ0) is 36.5. The summed E-state index contributed by atoms with van der Waals surface area (Å²) in [5.74, 6) is 5.25. The summed E-state index contributed by atoms with van der Waals surface area (Å²) < 4.78 is 6.12. The second-order valence-corrected chi connectivity index (χ2v) is 18.3. The zero-order valence-electron chi connectivity index (χ0n) is 34.3. The van der Waals surface area contributed by atoms with Gasteiger partial charge in [0.05, 0.1) is 0 Å². The molecule has 0 aromatic carbocycles. The lowest BCUT2D eigenvalue weighted by Crippen LogP contribution is -2.51. The van der Waals surface area contributed by atoms with Gasteiger partial charge in [0, 0.05) is 12.8 Å². The Hall–Kier alpha value is -1.83. The van der Waals surface area contributed by atoms with E-state index in [1.54, 1.807) is 5.57 Å². The average molecular weight is 701 g/mol. The fourth-order valence-corrected chi connectivity index (χ4v) is 11.3. The number of rotatable bonds is 22. The third-order valence-electron chi connectivity index (χ3n) is 14.3. The van der Waals surface area contributed by atoms with E-state index in [9.17, 15) is 4.79 Å². The van der Waals surface area contributed by atoms with Crippen LogP contribution in [0.4, 0.5) is 0 Å². The Morgan fingerprint density at radius 1 is 0.765 bits per heavy atom. The summed E-state index contributed by atoms with van der Waals surface area (Å²) in [5.41, 5.74) is 2.49. The molecule has 0 aliphatic heterocycles. The van der Waals surface area contributed by atoms with E-state index in [0.717, 1.165) is 93.3 Å². The van der Waals surface area contributed by atoms with Gasteiger partial charge in [-0.25, -0.2) is 0 Å². The van der Waals surface area contributed by atoms with Gasteiger partial charge in [-0.15, -0.1) is 0 Å². The number of hydrogen-bond donors (Lipinski definition) is 0. The van der Waals surface area contributed by atoms with Crippen LogP contribution < -0.4 is 0 Å². The number of carbonyl (C=O) groups excluding carboxylic acids is 1. The summed E-state index contributed by atoms with van der Waals surface area (Å²) in [6, 6.07) is 0. The smallest absolute Gasteiger partial charge is 0.306 e. The van der Waals surface area contributed by atoms with E-state index >= 15 is 0 Å². The molecule has 8 unspecified atom stereocenters. The van der Waals surface area contributed by atoms with Crippen molar-refractivity contribution < 1.29 is 9.53 Å². The van der Waals surface area contributed by atoms with Gasteiger partial charge < -0.3 is 4.74 Å². The average Bonchev–Trinajstić information content (AvgIpc) is 3.46. The molecule has 4 rings (SSSR count). The molecule has 0 aromatic rings. The lowest BCUT2D eigenvalue weighted by atomic mass is 9.47. The van der Waals surface area contributed by atoms with Gasteiger partial charge in [-0.2, -0.15) is 0 Å². The van der Waals surface area contributed by atoms with Gasteiger partial charge in [-0.3, -0.25) is 4.79 Å². The van der Waals surface area contributed by atoms with Crippen molar-refractivity contribution in [2.75, 3.05) is 0 Å². The predicted molar refractivity (Wildman–Crippen MR) is 221 cm³/mol. The highest BCUT2D eigenvalue weighted by Gasteiger charge is 2.59. The van der Waals surface area contributed by atoms with E-state index in [-0.39, 0.29) is 12.1 Å². The molecule has 3 fully saturated rings. The number of ether oxygens (including phenoxy) is 1. The van der Waals surface area contributed by atoms with Crippen molar-refractivity contribution in [1.82, 2.24) is 0 Å². The number of allylic oxidation sites excluding steroid dienone is 9. The quantitative estimate of drug-likeness (QED) is 0.0638. The van der Waals surface area contributed by atoms with Crippen LogP contribution in [-0.2, 0) is 9.53 Å². The summed E-state index contributed by atoms with van der Waals surface area (Å²) in [4.78, 5) is 12.8. The number of esters is 1. The first kappa shape index (κ1) is 41.9. The van der Waals surface area contributed by atoms with Crippen molar-refractivity contribution in [2.45, 2.75) is 195 Å². The lowest BCUT2D eigenvalue weighted by molar-refractivity contribution is -0.151. The van der Waals surface area contributed by atoms with Gasteiger partial charge in [0.2, 0.25) is 0 Å². The lowest BCUT2D eigenvalue weighted by Gasteiger charge is -2.58. The first-order chi connectivity index (χ1) is 24.7. The zero-order valence-corrected chi connectivity index (χ0v) is 34.3. The van der Waals surface area contributed by atoms with Crippen LogP contribution in [0.25, 0.3) is 0 Å². The van der Waals surface area contributed by atoms with Gasteiger partial charge in [0.1, 0.15) is 6.10 Å². The maximum atomic E-state index is 12.8. The van der Waals surface area contributed by atoms with Crippen LogP contribution >= 0.6 is 0 Å². The number of hydrogen-bond acceptors (Lipinski definition) is 2. The Labute approximate surface area is 316 Å². The molecular formula is C49H80O2. The van der Waals surface area contributed by atoms with Crippen LogP contribution in [0.3, 0.4) is 0 Å². The summed E-state index contributed by atoms with van der Waals surface area (Å²) in [7, 11) is 0. The van der Waals surface area contributed by atoms with Crippen molar-refractivity contribution in [2.24, 2.45) is 46.3 Å². The largest absolute Gasteiger partial charge is 0.462 e. The first-order valence-electron chi connectivity index (χ1n) is 22.2. The first-order valence-corrected chi connectivity index (χ1v) is 22.2. The molecule has 3 saturated carbocycles. The van der Waals surface area contributed by atoms with Gasteiger partial charge >= 0.3 is 5.97 Å². The Balaban J connectivity index is 1.09. The SMILES string of the molecule is CCCCCC=CCC=CCC=CCC=CCCCCCC(=O)OC1CCC2(C)C(=CCC3C2CCC2(C)C(C(C)CCCC(C)C)CCC32)C1. The standard InChI is InChI=1S/C49H80O2/c1-7-8-9-10-11-12-13-14-15-16-17-18-19-20-21-22-23-24-25-29-47(50)51-42-34-36-48(5)41(38-42)30-31-43-45-33-32-44(40(4)28-26-27-39(2)3)49(45,6)37-35-46(43)48/h11-12,14-15,17-18,20-21,30,39-40,42-46H,7-10,13,16,19,22-29,31-38H2,1-6H3. The second-order valence-electron chi connectivity index (χ2n) is 18.3. The molecule has 2 heteroatoms. The van der Waals surface area contributed by atoms with Crippen molar-refractivity contribution in [1.29, 1.82) is 0 Å². The topological polar surface area (TPSA) is 26.3 Å². The summed E-state index contributed by atoms with van der Waals surface area (Å²) in [6.45, 7) is 14.9. The van der Waals surface area contributed by atoms with Crippen LogP contribution in [-0.4, -0.2) is 12.1 Å². The third kappa shape index (κ3) is 12.4. The van der Waals surface area contributed by atoms with Crippen molar-refractivity contribution in [3.05, 3.63) is 60.3 Å². The van der Waals surface area contributed by atoms with Crippen LogP contribution in [0, 0.1) is 46.3 Å². The van der Waals surface area contributed by atoms with E-state index in [0.29, 0.717) is 17.3 Å². The maximum absolute atomic E-state index is 12.8. The molecule has 0 radical (unpaired) electrons. The fourth-order valence-electron chi connectivity index (χ4n) is 11.3. The molecule has 0 heterocycles. The molecule has 2 nitrogen and oxygen atoms in total. The highest BCUT2D eigenvalue weighted by atomic mass is 16.5. The highest BCUT2D eigenvalue weighted by molar-refractivity contribution is 5.69. The molecule has 51 heavy (non-hydrogen) atoms. The summed E-state index contributed by atoms with van der Waals surface area (Å²) in [6.07, 6.45) is 48.6. The summed E-state index contributed by atoms with van der Waals surface area (Å²) >= 11 is 0. The van der Waals surface area contributed by atoms with Gasteiger partial charge in [-0.05, 0) is 143 Å². The fraction of sp³-hybridized carbons (Fsp3) is 0.776. The van der Waals surface area contributed by atoms with Crippen LogP contribution in [0.5, 0.6) is 0 Å². The van der Waals surface area contributed by atoms with Crippen molar-refractivity contribution in [3.63, 3.8) is 0 Å². The molecule has 288 valence electrons. The molecule has 4 aliphatic carbocycles. The molecule has 0 saturated heterocycles. The molecule has 4 aliphatic rings. The molecule has 0 amide bonds. The van der Waals surface area contributed by atoms with Gasteiger partial charge in [-0.1, -0.05) is 140 Å². The van der Waals surface area contributed by atoms with E-state index in [1.165, 1.54) is 83.5 Å². The van der Waals surface area contributed by atoms with Crippen LogP contribution in [0.15, 0.2) is 60.3 Å². The van der Waals surface area contributed by atoms with Crippen molar-refractivity contribution in [3.8, 4) is 0 Å². The Bertz CT molecular complexity index is 1170. The monoisotopic (exact) mass is 701 g/mol. The van der Waals surface area contributed by atoms with E-state index < -0.39 is 0 Å². The van der Waals surface area contributed by atoms with Crippen LogP contribution in [0.1, 0.15) is 189 Å². The van der Waals surface area contributed by atoms with E-state index in [1.807, 2.05) is 0 Å². The van der Waals surface area contributed by atoms with Gasteiger partial charge in [0.15, 0.2) is 0 Å². The maximum Gasteiger partial charge on any atom is 0.306 e. The molecule has 0 N–H and O–H groups in total. The molecule has 0 bridgehead atoms. The number of unbranched alkanes of at least 4 members (excludes halogenated alkanes) is 6. The third-order valence-corrected chi connectivity index (χ3v) is 14.3. The minimum Gasteiger partial charge on any atom is -0.462 e.